The van der Waals surface area contributed by atoms with Gasteiger partial charge in [0, 0.05) is 50.4 Å². The van der Waals surface area contributed by atoms with E-state index in [0.717, 1.165) is 66.8 Å². The molecule has 6 nitrogen and oxygen atoms in total. The zero-order chi connectivity index (χ0) is 21.8. The maximum Gasteiger partial charge on any atom is 0.188 e. The molecular formula is C25H30N4O2S. The molecule has 0 spiro atoms. The minimum Gasteiger partial charge on any atom is -0.388 e. The highest BCUT2D eigenvalue weighted by Gasteiger charge is 2.33. The molecule has 2 N–H and O–H groups in total. The van der Waals surface area contributed by atoms with Crippen LogP contribution >= 0.6 is 11.3 Å². The van der Waals surface area contributed by atoms with Crippen molar-refractivity contribution in [1.29, 1.82) is 0 Å². The van der Waals surface area contributed by atoms with E-state index in [1.54, 1.807) is 11.3 Å². The van der Waals surface area contributed by atoms with Gasteiger partial charge in [-0.1, -0.05) is 47.7 Å². The number of pyridine rings is 1. The molecule has 0 amide bonds. The van der Waals surface area contributed by atoms with E-state index >= 15 is 0 Å². The Bertz CT molecular complexity index is 1010. The number of piperidine rings is 1. The number of likely N-dealkylation sites (tertiary alicyclic amines) is 1. The molecule has 0 bridgehead atoms. The number of hydrogen-bond acceptors (Lipinski definition) is 7. The first kappa shape index (κ1) is 21.5. The number of benzene rings is 1. The molecule has 0 saturated carbocycles. The highest BCUT2D eigenvalue weighted by atomic mass is 32.1. The molecule has 2 aliphatic rings. The average Bonchev–Trinajstić information content (AvgIpc) is 3.29. The number of aliphatic hydroxyl groups is 1. The van der Waals surface area contributed by atoms with E-state index in [0.29, 0.717) is 19.1 Å². The molecule has 3 aromatic rings. The van der Waals surface area contributed by atoms with Crippen LogP contribution < -0.4 is 5.32 Å². The first-order valence-electron chi connectivity index (χ1n) is 11.4. The zero-order valence-corrected chi connectivity index (χ0v) is 19.1. The van der Waals surface area contributed by atoms with Gasteiger partial charge in [0.1, 0.15) is 5.82 Å². The van der Waals surface area contributed by atoms with Gasteiger partial charge in [-0.3, -0.25) is 0 Å². The van der Waals surface area contributed by atoms with Crippen LogP contribution in [-0.2, 0) is 4.74 Å². The fourth-order valence-corrected chi connectivity index (χ4v) is 5.47. The van der Waals surface area contributed by atoms with Crippen LogP contribution in [-0.4, -0.2) is 58.4 Å². The van der Waals surface area contributed by atoms with Gasteiger partial charge in [-0.2, -0.15) is 0 Å². The Kier molecular flexibility index (Phi) is 6.50. The highest BCUT2D eigenvalue weighted by Crippen LogP contribution is 2.32. The lowest BCUT2D eigenvalue weighted by Crippen LogP contribution is -2.48. The van der Waals surface area contributed by atoms with Crippen molar-refractivity contribution < 1.29 is 9.84 Å². The third-order valence-electron chi connectivity index (χ3n) is 6.52. The Hall–Kier alpha value is -2.32. The van der Waals surface area contributed by atoms with E-state index < -0.39 is 5.60 Å². The van der Waals surface area contributed by atoms with Crippen molar-refractivity contribution in [2.75, 3.05) is 38.2 Å². The van der Waals surface area contributed by atoms with Crippen molar-refractivity contribution in [2.24, 2.45) is 0 Å². The molecule has 2 aromatic heterocycles. The summed E-state index contributed by atoms with van der Waals surface area (Å²) in [5.41, 5.74) is 1.73. The molecule has 0 atom stereocenters. The number of ether oxygens (including phenoxy) is 1. The Balaban J connectivity index is 1.18. The Morgan fingerprint density at radius 2 is 1.84 bits per heavy atom. The largest absolute Gasteiger partial charge is 0.388 e. The van der Waals surface area contributed by atoms with Crippen LogP contribution in [0.4, 0.5) is 10.9 Å². The van der Waals surface area contributed by atoms with E-state index in [-0.39, 0.29) is 0 Å². The van der Waals surface area contributed by atoms with Crippen LogP contribution in [0.2, 0.25) is 0 Å². The number of rotatable bonds is 6. The molecule has 32 heavy (non-hydrogen) atoms. The highest BCUT2D eigenvalue weighted by molar-refractivity contribution is 7.18. The van der Waals surface area contributed by atoms with E-state index in [4.69, 9.17) is 9.72 Å². The molecule has 2 fully saturated rings. The number of nitrogens with one attached hydrogen (secondary N) is 1. The molecule has 7 heteroatoms. The van der Waals surface area contributed by atoms with Crippen molar-refractivity contribution in [1.82, 2.24) is 14.9 Å². The second-order valence-electron chi connectivity index (χ2n) is 8.86. The standard InChI is InChI=1S/C25H30N4O2S/c30-25(11-15-31-16-12-25)18-29-13-9-19(10-14-29)21-7-4-8-23(27-21)28-24-26-17-22(32-24)20-5-2-1-3-6-20/h1-8,17,19,30H,9-16,18H2,(H,26,27,28). The maximum atomic E-state index is 10.8. The number of nitrogens with zero attached hydrogens (tertiary/aromatic N) is 3. The SMILES string of the molecule is OC1(CN2CCC(c3cccc(Nc4ncc(-c5ccccc5)s4)n3)CC2)CCOCC1. The predicted molar refractivity (Wildman–Crippen MR) is 128 cm³/mol. The van der Waals surface area contributed by atoms with Crippen LogP contribution in [0.1, 0.15) is 37.3 Å². The molecule has 1 aromatic carbocycles. The third kappa shape index (κ3) is 5.18. The summed E-state index contributed by atoms with van der Waals surface area (Å²) in [5.74, 6) is 1.30. The summed E-state index contributed by atoms with van der Waals surface area (Å²) in [6, 6.07) is 16.5. The van der Waals surface area contributed by atoms with Crippen LogP contribution in [0.25, 0.3) is 10.4 Å². The number of anilines is 2. The van der Waals surface area contributed by atoms with Gasteiger partial charge in [0.2, 0.25) is 0 Å². The first-order chi connectivity index (χ1) is 15.7. The van der Waals surface area contributed by atoms with Crippen molar-refractivity contribution in [3.05, 3.63) is 60.4 Å². The lowest BCUT2D eigenvalue weighted by molar-refractivity contribution is -0.0821. The van der Waals surface area contributed by atoms with Crippen molar-refractivity contribution in [2.45, 2.75) is 37.2 Å². The predicted octanol–water partition coefficient (Wildman–Crippen LogP) is 4.67. The molecule has 0 aliphatic carbocycles. The van der Waals surface area contributed by atoms with E-state index in [1.807, 2.05) is 30.5 Å². The molecule has 5 rings (SSSR count). The maximum absolute atomic E-state index is 10.8. The van der Waals surface area contributed by atoms with Gasteiger partial charge in [-0.15, -0.1) is 0 Å². The van der Waals surface area contributed by atoms with Gasteiger partial charge in [0.25, 0.3) is 0 Å². The van der Waals surface area contributed by atoms with Gasteiger partial charge in [0.05, 0.1) is 10.5 Å². The summed E-state index contributed by atoms with van der Waals surface area (Å²) in [6.45, 7) is 4.09. The molecule has 168 valence electrons. The summed E-state index contributed by atoms with van der Waals surface area (Å²) in [6.07, 6.45) is 5.53. The third-order valence-corrected chi connectivity index (χ3v) is 7.48. The second kappa shape index (κ2) is 9.67. The smallest absolute Gasteiger partial charge is 0.188 e. The summed E-state index contributed by atoms with van der Waals surface area (Å²) in [5, 5.41) is 15.0. The number of aromatic nitrogens is 2. The van der Waals surface area contributed by atoms with Crippen LogP contribution in [0, 0.1) is 0 Å². The van der Waals surface area contributed by atoms with Crippen molar-refractivity contribution in [3.63, 3.8) is 0 Å². The van der Waals surface area contributed by atoms with Gasteiger partial charge in [-0.25, -0.2) is 9.97 Å². The van der Waals surface area contributed by atoms with E-state index in [2.05, 4.69) is 39.5 Å². The Morgan fingerprint density at radius 1 is 1.06 bits per heavy atom. The molecule has 0 unspecified atom stereocenters. The summed E-state index contributed by atoms with van der Waals surface area (Å²) < 4.78 is 5.41. The van der Waals surface area contributed by atoms with Gasteiger partial charge in [-0.05, 0) is 43.6 Å². The Labute approximate surface area is 193 Å². The first-order valence-corrected chi connectivity index (χ1v) is 12.3. The topological polar surface area (TPSA) is 70.5 Å². The van der Waals surface area contributed by atoms with Crippen LogP contribution in [0.3, 0.4) is 0 Å². The average molecular weight is 451 g/mol. The molecule has 2 aliphatic heterocycles. The molecule has 2 saturated heterocycles. The fraction of sp³-hybridized carbons (Fsp3) is 0.440. The molecular weight excluding hydrogens is 420 g/mol. The van der Waals surface area contributed by atoms with Gasteiger partial charge in [0.15, 0.2) is 5.13 Å². The summed E-state index contributed by atoms with van der Waals surface area (Å²) in [4.78, 5) is 13.0. The fourth-order valence-electron chi connectivity index (χ4n) is 4.64. The van der Waals surface area contributed by atoms with E-state index in [1.165, 1.54) is 5.56 Å². The minimum absolute atomic E-state index is 0.452. The van der Waals surface area contributed by atoms with Crippen LogP contribution in [0.5, 0.6) is 0 Å². The van der Waals surface area contributed by atoms with Gasteiger partial charge >= 0.3 is 0 Å². The minimum atomic E-state index is -0.584. The Morgan fingerprint density at radius 3 is 2.62 bits per heavy atom. The number of thiazole rings is 1. The van der Waals surface area contributed by atoms with Crippen molar-refractivity contribution in [3.8, 4) is 10.4 Å². The van der Waals surface area contributed by atoms with Crippen LogP contribution in [0.15, 0.2) is 54.7 Å². The van der Waals surface area contributed by atoms with Crippen molar-refractivity contribution >= 4 is 22.3 Å². The quantitative estimate of drug-likeness (QED) is 0.569. The zero-order valence-electron chi connectivity index (χ0n) is 18.2. The second-order valence-corrected chi connectivity index (χ2v) is 9.89. The number of β-amino-alcohol motifs (C(OH)–C–C–N with tert-alkyl or cyclic N) is 1. The lowest BCUT2D eigenvalue weighted by Gasteiger charge is -2.39. The number of hydrogen-bond donors (Lipinski definition) is 2. The summed E-state index contributed by atoms with van der Waals surface area (Å²) in [7, 11) is 0. The monoisotopic (exact) mass is 450 g/mol. The van der Waals surface area contributed by atoms with Gasteiger partial charge < -0.3 is 20.1 Å². The molecule has 4 heterocycles. The summed E-state index contributed by atoms with van der Waals surface area (Å²) >= 11 is 1.64. The normalized spacial score (nSPS) is 19.7. The lowest BCUT2D eigenvalue weighted by atomic mass is 9.89. The van der Waals surface area contributed by atoms with E-state index in [9.17, 15) is 5.11 Å². The molecule has 0 radical (unpaired) electrons.